The summed E-state index contributed by atoms with van der Waals surface area (Å²) in [7, 11) is 0. The van der Waals surface area contributed by atoms with E-state index in [0.29, 0.717) is 23.4 Å². The quantitative estimate of drug-likeness (QED) is 0.536. The SMILES string of the molecule is Cc1nnc(Cl)c(-c2c(F)cc(F)cc2F)c1-c1ccc(CC2CC2)cc1. The van der Waals surface area contributed by atoms with Crippen LogP contribution in [0.5, 0.6) is 0 Å². The van der Waals surface area contributed by atoms with Crippen LogP contribution in [0.3, 0.4) is 0 Å². The van der Waals surface area contributed by atoms with Crippen LogP contribution in [0, 0.1) is 30.3 Å². The van der Waals surface area contributed by atoms with E-state index in [2.05, 4.69) is 10.2 Å². The summed E-state index contributed by atoms with van der Waals surface area (Å²) in [4.78, 5) is 0. The van der Waals surface area contributed by atoms with Gasteiger partial charge in [-0.3, -0.25) is 0 Å². The second kappa shape index (κ2) is 6.97. The Morgan fingerprint density at radius 2 is 1.56 bits per heavy atom. The third kappa shape index (κ3) is 3.56. The van der Waals surface area contributed by atoms with Gasteiger partial charge in [0.1, 0.15) is 17.5 Å². The number of rotatable bonds is 4. The minimum Gasteiger partial charge on any atom is -0.207 e. The molecule has 0 spiro atoms. The van der Waals surface area contributed by atoms with Crippen molar-refractivity contribution >= 4 is 11.6 Å². The molecule has 0 N–H and O–H groups in total. The Morgan fingerprint density at radius 1 is 0.926 bits per heavy atom. The van der Waals surface area contributed by atoms with Gasteiger partial charge in [0.15, 0.2) is 5.15 Å². The second-order valence-corrected chi connectivity index (χ2v) is 7.27. The first-order valence-corrected chi connectivity index (χ1v) is 9.09. The van der Waals surface area contributed by atoms with Crippen LogP contribution in [0.15, 0.2) is 36.4 Å². The average molecular weight is 389 g/mol. The lowest BCUT2D eigenvalue weighted by Crippen LogP contribution is -2.01. The fourth-order valence-corrected chi connectivity index (χ4v) is 3.55. The van der Waals surface area contributed by atoms with Gasteiger partial charge in [-0.2, -0.15) is 5.10 Å². The molecule has 0 amide bonds. The predicted octanol–water partition coefficient (Wildman–Crippen LogP) is 6.14. The van der Waals surface area contributed by atoms with E-state index in [4.69, 9.17) is 11.6 Å². The van der Waals surface area contributed by atoms with Crippen LogP contribution in [0.1, 0.15) is 24.1 Å². The normalized spacial score (nSPS) is 13.8. The minimum atomic E-state index is -1.03. The molecule has 0 saturated heterocycles. The molecule has 4 rings (SSSR count). The second-order valence-electron chi connectivity index (χ2n) is 6.92. The van der Waals surface area contributed by atoms with Gasteiger partial charge in [-0.25, -0.2) is 13.2 Å². The zero-order valence-corrected chi connectivity index (χ0v) is 15.3. The lowest BCUT2D eigenvalue weighted by atomic mass is 9.93. The predicted molar refractivity (Wildman–Crippen MR) is 99.0 cm³/mol. The molecule has 0 radical (unpaired) electrons. The number of aromatic nitrogens is 2. The Morgan fingerprint density at radius 3 is 2.15 bits per heavy atom. The van der Waals surface area contributed by atoms with E-state index in [1.54, 1.807) is 6.92 Å². The molecule has 1 saturated carbocycles. The fourth-order valence-electron chi connectivity index (χ4n) is 3.33. The standard InChI is InChI=1S/C21H16ClF3N2/c1-11-18(14-6-4-13(5-7-14)8-12-2-3-12)20(21(22)27-26-11)19-16(24)9-15(23)10-17(19)25/h4-7,9-10,12H,2-3,8H2,1H3. The highest BCUT2D eigenvalue weighted by atomic mass is 35.5. The largest absolute Gasteiger partial charge is 0.207 e. The summed E-state index contributed by atoms with van der Waals surface area (Å²) >= 11 is 6.18. The average Bonchev–Trinajstić information content (AvgIpc) is 3.42. The monoisotopic (exact) mass is 388 g/mol. The van der Waals surface area contributed by atoms with Crippen molar-refractivity contribution in [3.63, 3.8) is 0 Å². The van der Waals surface area contributed by atoms with Crippen molar-refractivity contribution in [1.82, 2.24) is 10.2 Å². The van der Waals surface area contributed by atoms with E-state index in [1.807, 2.05) is 24.3 Å². The molecule has 138 valence electrons. The van der Waals surface area contributed by atoms with Gasteiger partial charge in [-0.15, -0.1) is 5.10 Å². The van der Waals surface area contributed by atoms with Gasteiger partial charge in [-0.05, 0) is 43.2 Å². The molecule has 1 aliphatic carbocycles. The molecule has 0 unspecified atom stereocenters. The number of nitrogens with zero attached hydrogens (tertiary/aromatic N) is 2. The number of hydrogen-bond donors (Lipinski definition) is 0. The molecular formula is C21H16ClF3N2. The molecule has 0 atom stereocenters. The third-order valence-corrected chi connectivity index (χ3v) is 5.09. The molecule has 6 heteroatoms. The molecule has 2 aromatic carbocycles. The summed E-state index contributed by atoms with van der Waals surface area (Å²) < 4.78 is 42.2. The number of benzene rings is 2. The summed E-state index contributed by atoms with van der Waals surface area (Å²) in [5, 5.41) is 7.66. The van der Waals surface area contributed by atoms with E-state index in [-0.39, 0.29) is 10.7 Å². The Bertz CT molecular complexity index is 992. The van der Waals surface area contributed by atoms with Crippen molar-refractivity contribution in [1.29, 1.82) is 0 Å². The van der Waals surface area contributed by atoms with Gasteiger partial charge in [0.05, 0.1) is 11.3 Å². The molecule has 2 nitrogen and oxygen atoms in total. The fraction of sp³-hybridized carbons (Fsp3) is 0.238. The summed E-state index contributed by atoms with van der Waals surface area (Å²) in [6.45, 7) is 1.69. The zero-order valence-electron chi connectivity index (χ0n) is 14.6. The van der Waals surface area contributed by atoms with E-state index >= 15 is 0 Å². The highest BCUT2D eigenvalue weighted by molar-refractivity contribution is 6.32. The van der Waals surface area contributed by atoms with Crippen LogP contribution >= 0.6 is 11.6 Å². The van der Waals surface area contributed by atoms with E-state index in [9.17, 15) is 13.2 Å². The minimum absolute atomic E-state index is 0.0779. The molecule has 1 aromatic heterocycles. The third-order valence-electron chi connectivity index (χ3n) is 4.83. The summed E-state index contributed by atoms with van der Waals surface area (Å²) in [5.41, 5.74) is 2.57. The highest BCUT2D eigenvalue weighted by Gasteiger charge is 2.24. The van der Waals surface area contributed by atoms with Gasteiger partial charge < -0.3 is 0 Å². The Balaban J connectivity index is 1.88. The highest BCUT2D eigenvalue weighted by Crippen LogP contribution is 2.41. The molecule has 27 heavy (non-hydrogen) atoms. The van der Waals surface area contributed by atoms with Gasteiger partial charge in [0, 0.05) is 23.3 Å². The first-order chi connectivity index (χ1) is 12.9. The van der Waals surface area contributed by atoms with E-state index in [0.717, 1.165) is 17.9 Å². The maximum atomic E-state index is 14.4. The van der Waals surface area contributed by atoms with Gasteiger partial charge >= 0.3 is 0 Å². The Kier molecular flexibility index (Phi) is 4.64. The van der Waals surface area contributed by atoms with Crippen LogP contribution in [0.25, 0.3) is 22.3 Å². The van der Waals surface area contributed by atoms with Gasteiger partial charge in [-0.1, -0.05) is 35.9 Å². The Labute approximate surface area is 160 Å². The number of aryl methyl sites for hydroxylation is 1. The summed E-state index contributed by atoms with van der Waals surface area (Å²) in [6.07, 6.45) is 3.55. The van der Waals surface area contributed by atoms with Crippen molar-refractivity contribution in [3.05, 3.63) is 70.3 Å². The molecule has 0 bridgehead atoms. The van der Waals surface area contributed by atoms with E-state index in [1.165, 1.54) is 18.4 Å². The number of halogens is 4. The van der Waals surface area contributed by atoms with Crippen LogP contribution in [0.4, 0.5) is 13.2 Å². The first-order valence-electron chi connectivity index (χ1n) is 8.71. The molecule has 1 aliphatic rings. The van der Waals surface area contributed by atoms with Gasteiger partial charge in [0.2, 0.25) is 0 Å². The zero-order chi connectivity index (χ0) is 19.1. The van der Waals surface area contributed by atoms with Crippen molar-refractivity contribution in [2.45, 2.75) is 26.2 Å². The summed E-state index contributed by atoms with van der Waals surface area (Å²) in [5.74, 6) is -2.30. The van der Waals surface area contributed by atoms with Crippen LogP contribution < -0.4 is 0 Å². The smallest absolute Gasteiger partial charge is 0.160 e. The lowest BCUT2D eigenvalue weighted by molar-refractivity contribution is 0.548. The van der Waals surface area contributed by atoms with Crippen molar-refractivity contribution in [2.75, 3.05) is 0 Å². The molecule has 1 fully saturated rings. The lowest BCUT2D eigenvalue weighted by Gasteiger charge is -2.15. The summed E-state index contributed by atoms with van der Waals surface area (Å²) in [6, 6.07) is 9.05. The number of hydrogen-bond acceptors (Lipinski definition) is 2. The maximum absolute atomic E-state index is 14.4. The topological polar surface area (TPSA) is 25.8 Å². The Hall–Kier alpha value is -2.40. The van der Waals surface area contributed by atoms with Gasteiger partial charge in [0.25, 0.3) is 0 Å². The van der Waals surface area contributed by atoms with E-state index < -0.39 is 23.0 Å². The van der Waals surface area contributed by atoms with Crippen LogP contribution in [0.2, 0.25) is 5.15 Å². The molecule has 1 heterocycles. The van der Waals surface area contributed by atoms with Crippen molar-refractivity contribution in [2.24, 2.45) is 5.92 Å². The molecule has 0 aliphatic heterocycles. The molecule has 3 aromatic rings. The van der Waals surface area contributed by atoms with Crippen LogP contribution in [-0.4, -0.2) is 10.2 Å². The van der Waals surface area contributed by atoms with Crippen LogP contribution in [-0.2, 0) is 6.42 Å². The molecular weight excluding hydrogens is 373 g/mol. The van der Waals surface area contributed by atoms with Crippen molar-refractivity contribution < 1.29 is 13.2 Å². The first kappa shape index (κ1) is 18.0. The maximum Gasteiger partial charge on any atom is 0.160 e. The van der Waals surface area contributed by atoms with Crippen molar-refractivity contribution in [3.8, 4) is 22.3 Å².